The van der Waals surface area contributed by atoms with E-state index in [0.717, 1.165) is 57.8 Å². The number of hydrogen-bond donors (Lipinski definition) is 6. The number of carbonyl (C=O) groups excluding carboxylic acids is 1. The van der Waals surface area contributed by atoms with Crippen molar-refractivity contribution in [2.45, 2.75) is 256 Å². The third-order valence-corrected chi connectivity index (χ3v) is 12.6. The number of phosphoric acid groups is 1. The molecule has 6 N–H and O–H groups in total. The summed E-state index contributed by atoms with van der Waals surface area (Å²) in [6.45, 7) is 4.25. The predicted octanol–water partition coefficient (Wildman–Crippen LogP) is 10.5. The maximum absolute atomic E-state index is 12.8. The largest absolute Gasteiger partial charge is 0.472 e. The Labute approximate surface area is 370 Å². The van der Waals surface area contributed by atoms with E-state index < -0.39 is 63.1 Å². The van der Waals surface area contributed by atoms with Crippen LogP contribution in [0, 0.1) is 0 Å². The van der Waals surface area contributed by atoms with Crippen LogP contribution in [0.3, 0.4) is 0 Å². The lowest BCUT2D eigenvalue weighted by Gasteiger charge is -2.41. The van der Waals surface area contributed by atoms with Crippen LogP contribution in [-0.4, -0.2) is 98.9 Å². The Morgan fingerprint density at radius 2 is 0.918 bits per heavy atom. The number of esters is 1. The highest BCUT2D eigenvalue weighted by atomic mass is 31.2. The third-order valence-electron chi connectivity index (χ3n) is 11.6. The summed E-state index contributed by atoms with van der Waals surface area (Å²) in [6.07, 6.45) is 32.4. The first kappa shape index (κ1) is 57.8. The predicted molar refractivity (Wildman–Crippen MR) is 244 cm³/mol. The molecule has 0 aromatic rings. The summed E-state index contributed by atoms with van der Waals surface area (Å²) in [5.74, 6) is -0.477. The number of hydrogen-bond acceptors (Lipinski definition) is 11. The fourth-order valence-corrected chi connectivity index (χ4v) is 8.59. The summed E-state index contributed by atoms with van der Waals surface area (Å²) in [7, 11) is -5.02. The zero-order chi connectivity index (χ0) is 44.8. The van der Waals surface area contributed by atoms with Gasteiger partial charge in [0.1, 0.15) is 42.7 Å². The summed E-state index contributed by atoms with van der Waals surface area (Å²) < 4.78 is 34.2. The molecule has 61 heavy (non-hydrogen) atoms. The van der Waals surface area contributed by atoms with Crippen LogP contribution in [0.1, 0.15) is 213 Å². The fraction of sp³-hybridized carbons (Fsp3) is 0.896. The minimum atomic E-state index is -5.02. The molecule has 0 radical (unpaired) electrons. The second kappa shape index (κ2) is 39.2. The van der Waals surface area contributed by atoms with Gasteiger partial charge in [-0.15, -0.1) is 0 Å². The molecule has 6 atom stereocenters. The Hall–Kier alpha value is -1.18. The van der Waals surface area contributed by atoms with Crippen molar-refractivity contribution in [3.8, 4) is 0 Å². The summed E-state index contributed by atoms with van der Waals surface area (Å²) >= 11 is 0. The van der Waals surface area contributed by atoms with E-state index in [1.807, 2.05) is 0 Å². The molecule has 360 valence electrons. The van der Waals surface area contributed by atoms with Crippen LogP contribution >= 0.6 is 7.82 Å². The van der Waals surface area contributed by atoms with Crippen molar-refractivity contribution in [2.75, 3.05) is 19.8 Å². The molecule has 0 saturated heterocycles. The van der Waals surface area contributed by atoms with Gasteiger partial charge in [0.2, 0.25) is 0 Å². The van der Waals surface area contributed by atoms with E-state index in [4.69, 9.17) is 18.5 Å². The molecule has 0 aromatic carbocycles. The van der Waals surface area contributed by atoms with Gasteiger partial charge in [0.05, 0.1) is 13.2 Å². The zero-order valence-corrected chi connectivity index (χ0v) is 39.4. The highest BCUT2D eigenvalue weighted by Crippen LogP contribution is 2.47. The average molecular weight is 891 g/mol. The highest BCUT2D eigenvalue weighted by molar-refractivity contribution is 7.47. The molecule has 0 spiro atoms. The van der Waals surface area contributed by atoms with E-state index in [-0.39, 0.29) is 13.0 Å². The summed E-state index contributed by atoms with van der Waals surface area (Å²) in [4.78, 5) is 23.2. The molecule has 13 heteroatoms. The molecule has 0 aliphatic heterocycles. The van der Waals surface area contributed by atoms with Gasteiger partial charge in [-0.2, -0.15) is 0 Å². The lowest BCUT2D eigenvalue weighted by Crippen LogP contribution is -2.64. The molecule has 6 unspecified atom stereocenters. The van der Waals surface area contributed by atoms with Crippen LogP contribution in [0.25, 0.3) is 0 Å². The number of phosphoric ester groups is 1. The molecule has 1 saturated carbocycles. The van der Waals surface area contributed by atoms with Crippen molar-refractivity contribution in [2.24, 2.45) is 0 Å². The molecular formula is C48H91O12P. The first-order valence-corrected chi connectivity index (χ1v) is 26.2. The van der Waals surface area contributed by atoms with Gasteiger partial charge >= 0.3 is 13.8 Å². The minimum absolute atomic E-state index is 0.0799. The molecule has 0 bridgehead atoms. The molecule has 0 heterocycles. The maximum atomic E-state index is 12.8. The average Bonchev–Trinajstić information content (AvgIpc) is 3.24. The van der Waals surface area contributed by atoms with Gasteiger partial charge in [-0.25, -0.2) is 4.57 Å². The van der Waals surface area contributed by atoms with Crippen LogP contribution in [0.15, 0.2) is 24.3 Å². The Balaban J connectivity index is 2.37. The topological polar surface area (TPSA) is 192 Å². The van der Waals surface area contributed by atoms with Crippen molar-refractivity contribution < 1.29 is 58.3 Å². The first-order chi connectivity index (χ1) is 29.5. The number of unbranched alkanes of at least 4 members (excludes halogenated alkanes) is 26. The summed E-state index contributed by atoms with van der Waals surface area (Å²) in [6, 6.07) is 0. The molecule has 1 aliphatic carbocycles. The van der Waals surface area contributed by atoms with E-state index >= 15 is 0 Å². The fourth-order valence-electron chi connectivity index (χ4n) is 7.62. The van der Waals surface area contributed by atoms with Gasteiger partial charge < -0.3 is 39.9 Å². The van der Waals surface area contributed by atoms with Gasteiger partial charge in [0.25, 0.3) is 0 Å². The standard InChI is InChI=1S/C48H91O12P/c1-3-5-7-9-11-13-15-17-19-21-23-25-27-29-31-33-35-37-42(49)59-41(40-58-61(55,56)60-48-46(53)44(51)43(50)45(52)47(48)54)39-57-38-36-34-32-30-28-26-24-22-20-18-16-14-12-10-8-6-4-2/h14,16,20,22,41,43-48,50-54H,3-13,15,17-19,21,23-40H2,1-2H3,(H,55,56)/b16-14-,22-20-. The number of aliphatic hydroxyl groups excluding tert-OH is 5. The number of rotatable bonds is 42. The van der Waals surface area contributed by atoms with Crippen LogP contribution in [0.4, 0.5) is 0 Å². The second-order valence-electron chi connectivity index (χ2n) is 17.3. The van der Waals surface area contributed by atoms with Gasteiger partial charge in [-0.1, -0.05) is 186 Å². The van der Waals surface area contributed by atoms with E-state index in [1.54, 1.807) is 0 Å². The minimum Gasteiger partial charge on any atom is -0.457 e. The number of allylic oxidation sites excluding steroid dienone is 4. The third kappa shape index (κ3) is 31.4. The van der Waals surface area contributed by atoms with Gasteiger partial charge in [-0.05, 0) is 44.9 Å². The summed E-state index contributed by atoms with van der Waals surface area (Å²) in [5.41, 5.74) is 0. The van der Waals surface area contributed by atoms with Crippen LogP contribution in [-0.2, 0) is 27.9 Å². The van der Waals surface area contributed by atoms with E-state index in [9.17, 15) is 39.8 Å². The van der Waals surface area contributed by atoms with Gasteiger partial charge in [0, 0.05) is 13.0 Å². The van der Waals surface area contributed by atoms with Crippen LogP contribution in [0.5, 0.6) is 0 Å². The Morgan fingerprint density at radius 3 is 1.39 bits per heavy atom. The van der Waals surface area contributed by atoms with Crippen molar-refractivity contribution in [3.63, 3.8) is 0 Å². The molecule has 12 nitrogen and oxygen atoms in total. The summed E-state index contributed by atoms with van der Waals surface area (Å²) in [5, 5.41) is 50.2. The molecule has 1 fully saturated rings. The van der Waals surface area contributed by atoms with Crippen molar-refractivity contribution in [1.82, 2.24) is 0 Å². The second-order valence-corrected chi connectivity index (χ2v) is 18.7. The lowest BCUT2D eigenvalue weighted by atomic mass is 9.85. The highest BCUT2D eigenvalue weighted by Gasteiger charge is 2.51. The lowest BCUT2D eigenvalue weighted by molar-refractivity contribution is -0.220. The quantitative estimate of drug-likeness (QED) is 0.0147. The Morgan fingerprint density at radius 1 is 0.525 bits per heavy atom. The molecular weight excluding hydrogens is 799 g/mol. The number of ether oxygens (including phenoxy) is 2. The van der Waals surface area contributed by atoms with Crippen molar-refractivity contribution in [3.05, 3.63) is 24.3 Å². The molecule has 0 amide bonds. The number of carbonyl (C=O) groups is 1. The van der Waals surface area contributed by atoms with Crippen molar-refractivity contribution >= 4 is 13.8 Å². The van der Waals surface area contributed by atoms with Gasteiger partial charge in [0.15, 0.2) is 0 Å². The Kier molecular flexibility index (Phi) is 37.2. The molecule has 1 rings (SSSR count). The molecule has 0 aromatic heterocycles. The van der Waals surface area contributed by atoms with E-state index in [2.05, 4.69) is 38.2 Å². The normalized spacial score (nSPS) is 22.3. The van der Waals surface area contributed by atoms with Crippen LogP contribution < -0.4 is 0 Å². The van der Waals surface area contributed by atoms with Gasteiger partial charge in [-0.3, -0.25) is 13.8 Å². The Bertz CT molecular complexity index is 1110. The SMILES string of the molecule is CCCCCC/C=C\C/C=C\CCCCCCCCOCC(COP(=O)(O)OC1C(O)C(O)C(O)C(O)C1O)OC(=O)CCCCCCCCCCCCCCCCCCC. The monoisotopic (exact) mass is 891 g/mol. The number of aliphatic hydroxyl groups is 5. The van der Waals surface area contributed by atoms with Crippen LogP contribution in [0.2, 0.25) is 0 Å². The van der Waals surface area contributed by atoms with Crippen molar-refractivity contribution in [1.29, 1.82) is 0 Å². The van der Waals surface area contributed by atoms with E-state index in [0.29, 0.717) is 13.0 Å². The van der Waals surface area contributed by atoms with E-state index in [1.165, 1.54) is 128 Å². The smallest absolute Gasteiger partial charge is 0.457 e. The zero-order valence-electron chi connectivity index (χ0n) is 38.5. The maximum Gasteiger partial charge on any atom is 0.472 e. The first-order valence-electron chi connectivity index (χ1n) is 24.7. The molecule has 1 aliphatic rings.